The van der Waals surface area contributed by atoms with Crippen LogP contribution in [0.5, 0.6) is 0 Å². The van der Waals surface area contributed by atoms with E-state index < -0.39 is 0 Å². The summed E-state index contributed by atoms with van der Waals surface area (Å²) < 4.78 is 0. The van der Waals surface area contributed by atoms with Gasteiger partial charge in [-0.1, -0.05) is 126 Å². The van der Waals surface area contributed by atoms with Crippen molar-refractivity contribution in [3.05, 3.63) is 188 Å². The number of fused-ring (bicyclic) bond motifs is 5. The second-order valence-electron chi connectivity index (χ2n) is 16.8. The standard InChI is InChI=1S/C52H45N4S.Pt/c1-51(2,3)38-30-39(52(4,5)6)32-41(31-38)55-28-27-54(35-55)40-17-14-18-42(33-40)57-43-23-24-46-44-19-10-11-20-45(44)47-29-37(36-15-8-7-9-16-36)22-25-48(47)56(49(46)34-43)50-21-12-13-26-53-50;/h7-32,35H,1-6H3;/q-3;. The summed E-state index contributed by atoms with van der Waals surface area (Å²) in [7, 11) is 0. The van der Waals surface area contributed by atoms with Gasteiger partial charge in [-0.05, 0) is 87.4 Å². The molecule has 0 atom stereocenters. The van der Waals surface area contributed by atoms with E-state index in [1.165, 1.54) is 33.4 Å². The van der Waals surface area contributed by atoms with E-state index in [0.717, 1.165) is 49.5 Å². The molecule has 0 radical (unpaired) electrons. The molecule has 0 spiro atoms. The summed E-state index contributed by atoms with van der Waals surface area (Å²) in [6.07, 6.45) is 6.10. The Kier molecular flexibility index (Phi) is 10.7. The molecule has 2 aliphatic heterocycles. The Morgan fingerprint density at radius 1 is 0.552 bits per heavy atom. The molecule has 0 N–H and O–H groups in total. The number of aromatic nitrogens is 1. The van der Waals surface area contributed by atoms with E-state index in [1.54, 1.807) is 11.8 Å². The van der Waals surface area contributed by atoms with Crippen LogP contribution in [0.2, 0.25) is 0 Å². The largest absolute Gasteiger partial charge is 0.500 e. The molecule has 0 bridgehead atoms. The van der Waals surface area contributed by atoms with Crippen molar-refractivity contribution in [3.63, 3.8) is 0 Å². The first-order valence-electron chi connectivity index (χ1n) is 19.5. The Hall–Kier alpha value is -5.35. The van der Waals surface area contributed by atoms with Gasteiger partial charge in [0, 0.05) is 38.5 Å². The van der Waals surface area contributed by atoms with Crippen LogP contribution >= 0.6 is 11.8 Å². The predicted molar refractivity (Wildman–Crippen MR) is 239 cm³/mol. The molecule has 0 saturated heterocycles. The predicted octanol–water partition coefficient (Wildman–Crippen LogP) is 14.1. The number of nitrogens with zero attached hydrogens (tertiary/aromatic N) is 4. The van der Waals surface area contributed by atoms with E-state index >= 15 is 0 Å². The molecule has 4 nitrogen and oxygen atoms in total. The third-order valence-corrected chi connectivity index (χ3v) is 11.6. The van der Waals surface area contributed by atoms with E-state index in [9.17, 15) is 0 Å². The minimum Gasteiger partial charge on any atom is -0.500 e. The number of anilines is 5. The molecule has 0 amide bonds. The molecule has 9 rings (SSSR count). The Labute approximate surface area is 362 Å². The van der Waals surface area contributed by atoms with Gasteiger partial charge in [-0.2, -0.15) is 30.3 Å². The summed E-state index contributed by atoms with van der Waals surface area (Å²) in [4.78, 5) is 13.5. The Morgan fingerprint density at radius 3 is 1.93 bits per heavy atom. The van der Waals surface area contributed by atoms with E-state index in [4.69, 9.17) is 4.98 Å². The van der Waals surface area contributed by atoms with Gasteiger partial charge in [0.05, 0.1) is 5.69 Å². The smallest absolute Gasteiger partial charge is 0.135 e. The van der Waals surface area contributed by atoms with Gasteiger partial charge in [0.15, 0.2) is 0 Å². The number of rotatable bonds is 6. The zero-order chi connectivity index (χ0) is 39.3. The van der Waals surface area contributed by atoms with Crippen molar-refractivity contribution in [2.45, 2.75) is 62.2 Å². The molecular weight excluding hydrogens is 908 g/mol. The van der Waals surface area contributed by atoms with Crippen LogP contribution in [-0.4, -0.2) is 4.98 Å². The summed E-state index contributed by atoms with van der Waals surface area (Å²) in [6, 6.07) is 57.5. The van der Waals surface area contributed by atoms with E-state index in [1.807, 2.05) is 18.3 Å². The molecular formula is C52H45N4PtS-3. The van der Waals surface area contributed by atoms with Crippen LogP contribution in [0.15, 0.2) is 168 Å². The summed E-state index contributed by atoms with van der Waals surface area (Å²) >= 11 is 1.67. The molecule has 6 aromatic carbocycles. The maximum absolute atomic E-state index is 4.89. The average Bonchev–Trinajstić information content (AvgIpc) is 3.68. The Morgan fingerprint density at radius 2 is 1.22 bits per heavy atom. The van der Waals surface area contributed by atoms with Crippen LogP contribution in [0.25, 0.3) is 33.4 Å². The molecule has 0 saturated carbocycles. The van der Waals surface area contributed by atoms with Crippen LogP contribution in [-0.2, 0) is 31.9 Å². The first-order valence-corrected chi connectivity index (χ1v) is 20.3. The Bertz CT molecular complexity index is 2590. The van der Waals surface area contributed by atoms with E-state index in [0.29, 0.717) is 0 Å². The summed E-state index contributed by atoms with van der Waals surface area (Å²) in [6.45, 7) is 15.8. The van der Waals surface area contributed by atoms with Crippen molar-refractivity contribution in [1.29, 1.82) is 0 Å². The average molecular weight is 953 g/mol. The monoisotopic (exact) mass is 952 g/mol. The fourth-order valence-corrected chi connectivity index (χ4v) is 8.33. The molecule has 58 heavy (non-hydrogen) atoms. The zero-order valence-electron chi connectivity index (χ0n) is 33.6. The first-order chi connectivity index (χ1) is 27.5. The summed E-state index contributed by atoms with van der Waals surface area (Å²) in [5, 5.41) is 0. The van der Waals surface area contributed by atoms with Gasteiger partial charge in [0.25, 0.3) is 0 Å². The second-order valence-corrected chi connectivity index (χ2v) is 17.8. The van der Waals surface area contributed by atoms with Crippen LogP contribution in [0.4, 0.5) is 28.6 Å². The number of benzene rings is 6. The van der Waals surface area contributed by atoms with Gasteiger partial charge in [-0.25, -0.2) is 4.98 Å². The van der Waals surface area contributed by atoms with Crippen molar-refractivity contribution < 1.29 is 21.1 Å². The van der Waals surface area contributed by atoms with Crippen LogP contribution < -0.4 is 14.7 Å². The maximum atomic E-state index is 4.89. The molecule has 3 heterocycles. The van der Waals surface area contributed by atoms with Gasteiger partial charge >= 0.3 is 0 Å². The van der Waals surface area contributed by atoms with Crippen molar-refractivity contribution in [1.82, 2.24) is 4.98 Å². The zero-order valence-corrected chi connectivity index (χ0v) is 36.7. The van der Waals surface area contributed by atoms with Crippen molar-refractivity contribution in [2.75, 3.05) is 14.7 Å². The summed E-state index contributed by atoms with van der Waals surface area (Å²) in [5.41, 5.74) is 13.9. The fourth-order valence-electron chi connectivity index (χ4n) is 7.51. The third kappa shape index (κ3) is 7.78. The molecule has 0 unspecified atom stereocenters. The number of hydrogen-bond donors (Lipinski definition) is 0. The van der Waals surface area contributed by atoms with Crippen LogP contribution in [0.3, 0.4) is 0 Å². The van der Waals surface area contributed by atoms with E-state index in [2.05, 4.69) is 215 Å². The first kappa shape index (κ1) is 39.5. The van der Waals surface area contributed by atoms with Crippen molar-refractivity contribution in [2.24, 2.45) is 0 Å². The topological polar surface area (TPSA) is 22.6 Å². The molecule has 292 valence electrons. The third-order valence-electron chi connectivity index (χ3n) is 10.7. The summed E-state index contributed by atoms with van der Waals surface area (Å²) in [5.74, 6) is 0.843. The normalized spacial score (nSPS) is 13.4. The van der Waals surface area contributed by atoms with Gasteiger partial charge < -0.3 is 14.7 Å². The van der Waals surface area contributed by atoms with Crippen molar-refractivity contribution in [3.8, 4) is 33.4 Å². The quantitative estimate of drug-likeness (QED) is 0.155. The van der Waals surface area contributed by atoms with Crippen molar-refractivity contribution >= 4 is 40.3 Å². The van der Waals surface area contributed by atoms with Crippen LogP contribution in [0, 0.1) is 18.8 Å². The fraction of sp³-hybridized carbons (Fsp3) is 0.154. The second kappa shape index (κ2) is 15.8. The Balaban J connectivity index is 0.00000469. The minimum absolute atomic E-state index is 0. The van der Waals surface area contributed by atoms with Gasteiger partial charge in [0.1, 0.15) is 5.82 Å². The van der Waals surface area contributed by atoms with E-state index in [-0.39, 0.29) is 31.9 Å². The number of hydrogen-bond acceptors (Lipinski definition) is 5. The molecule has 1 aromatic heterocycles. The minimum atomic E-state index is 0. The maximum Gasteiger partial charge on any atom is 0.135 e. The van der Waals surface area contributed by atoms with Gasteiger partial charge in [0.2, 0.25) is 0 Å². The molecule has 0 fully saturated rings. The SMILES string of the molecule is CC(C)(C)c1cc(N2C=CN(c3[c-]c(Sc4[c-]c5c(cc4)-c4ccccc4-c4cc(-c6ccccc6)ccc4N5c4ccccn4)ccc3)[CH-]2)cc(C(C)(C)C)c1.[Pt]. The molecule has 2 aliphatic rings. The molecule has 6 heteroatoms. The van der Waals surface area contributed by atoms with Crippen LogP contribution in [0.1, 0.15) is 52.7 Å². The van der Waals surface area contributed by atoms with Gasteiger partial charge in [-0.3, -0.25) is 0 Å². The number of pyridine rings is 1. The van der Waals surface area contributed by atoms with Gasteiger partial charge in [-0.15, -0.1) is 51.6 Å². The molecule has 0 aliphatic carbocycles. The molecule has 7 aromatic rings.